The van der Waals surface area contributed by atoms with E-state index >= 15 is 0 Å². The number of allylic oxidation sites excluding steroid dienone is 1. The van der Waals surface area contributed by atoms with Crippen LogP contribution in [0.3, 0.4) is 0 Å². The van der Waals surface area contributed by atoms with Gasteiger partial charge in [-0.15, -0.1) is 0 Å². The van der Waals surface area contributed by atoms with E-state index in [4.69, 9.17) is 4.84 Å². The van der Waals surface area contributed by atoms with Gasteiger partial charge in [-0.1, -0.05) is 23.4 Å². The van der Waals surface area contributed by atoms with Gasteiger partial charge in [0.1, 0.15) is 0 Å². The average molecular weight is 217 g/mol. The van der Waals surface area contributed by atoms with Gasteiger partial charge in [-0.05, 0) is 18.2 Å². The highest BCUT2D eigenvalue weighted by Gasteiger charge is 2.09. The Morgan fingerprint density at radius 3 is 3.00 bits per heavy atom. The molecule has 0 aliphatic carbocycles. The number of methoxy groups -OCH3 is 1. The van der Waals surface area contributed by atoms with E-state index in [0.29, 0.717) is 11.5 Å². The summed E-state index contributed by atoms with van der Waals surface area (Å²) < 4.78 is 4.56. The van der Waals surface area contributed by atoms with E-state index < -0.39 is 0 Å². The van der Waals surface area contributed by atoms with Crippen molar-refractivity contribution in [1.29, 1.82) is 0 Å². The molecule has 1 aliphatic rings. The molecule has 0 saturated heterocycles. The fourth-order valence-electron chi connectivity index (χ4n) is 1.34. The Balaban J connectivity index is 2.18. The van der Waals surface area contributed by atoms with Gasteiger partial charge in [0, 0.05) is 5.56 Å². The van der Waals surface area contributed by atoms with Crippen molar-refractivity contribution in [3.05, 3.63) is 35.9 Å². The normalized spacial score (nSPS) is 13.2. The predicted octanol–water partition coefficient (Wildman–Crippen LogP) is 2.01. The SMILES string of the molecule is COC(=O)CC1=NOc2ccccc2C=C1. The molecule has 0 unspecified atom stereocenters. The van der Waals surface area contributed by atoms with E-state index in [9.17, 15) is 4.79 Å². The van der Waals surface area contributed by atoms with E-state index in [-0.39, 0.29) is 12.4 Å². The largest absolute Gasteiger partial charge is 0.469 e. The molecule has 82 valence electrons. The summed E-state index contributed by atoms with van der Waals surface area (Å²) in [6, 6.07) is 7.53. The van der Waals surface area contributed by atoms with Gasteiger partial charge in [-0.3, -0.25) is 4.79 Å². The number of para-hydroxylation sites is 1. The maximum absolute atomic E-state index is 11.1. The van der Waals surface area contributed by atoms with Crippen LogP contribution in [0.4, 0.5) is 0 Å². The van der Waals surface area contributed by atoms with E-state index in [1.165, 1.54) is 7.11 Å². The predicted molar refractivity (Wildman–Crippen MR) is 60.2 cm³/mol. The van der Waals surface area contributed by atoms with E-state index in [1.807, 2.05) is 30.3 Å². The number of hydrogen-bond acceptors (Lipinski definition) is 4. The Labute approximate surface area is 93.2 Å². The van der Waals surface area contributed by atoms with Crippen molar-refractivity contribution in [3.8, 4) is 5.75 Å². The third-order valence-electron chi connectivity index (χ3n) is 2.19. The van der Waals surface area contributed by atoms with Gasteiger partial charge >= 0.3 is 5.97 Å². The van der Waals surface area contributed by atoms with Crippen LogP contribution in [-0.2, 0) is 9.53 Å². The van der Waals surface area contributed by atoms with Gasteiger partial charge in [0.2, 0.25) is 0 Å². The quantitative estimate of drug-likeness (QED) is 0.712. The first-order valence-electron chi connectivity index (χ1n) is 4.87. The molecule has 0 amide bonds. The third kappa shape index (κ3) is 2.28. The number of rotatable bonds is 2. The Morgan fingerprint density at radius 1 is 1.38 bits per heavy atom. The monoisotopic (exact) mass is 217 g/mol. The summed E-state index contributed by atoms with van der Waals surface area (Å²) in [7, 11) is 1.35. The van der Waals surface area contributed by atoms with Gasteiger partial charge in [-0.25, -0.2) is 0 Å². The molecular formula is C12H11NO3. The number of benzene rings is 1. The van der Waals surface area contributed by atoms with Crippen molar-refractivity contribution in [2.24, 2.45) is 5.16 Å². The first kappa shape index (κ1) is 10.4. The van der Waals surface area contributed by atoms with E-state index in [1.54, 1.807) is 6.08 Å². The second-order valence-corrected chi connectivity index (χ2v) is 3.30. The number of hydrogen-bond donors (Lipinski definition) is 0. The molecule has 0 saturated carbocycles. The Bertz CT molecular complexity index is 463. The summed E-state index contributed by atoms with van der Waals surface area (Å²) in [5.74, 6) is 0.344. The molecule has 0 spiro atoms. The molecule has 0 aromatic heterocycles. The van der Waals surface area contributed by atoms with Gasteiger partial charge in [-0.2, -0.15) is 0 Å². The number of nitrogens with zero attached hydrogens (tertiary/aromatic N) is 1. The van der Waals surface area contributed by atoms with Crippen molar-refractivity contribution in [2.45, 2.75) is 6.42 Å². The summed E-state index contributed by atoms with van der Waals surface area (Å²) in [5, 5.41) is 3.88. The topological polar surface area (TPSA) is 47.9 Å². The van der Waals surface area contributed by atoms with Crippen LogP contribution in [0.1, 0.15) is 12.0 Å². The maximum Gasteiger partial charge on any atom is 0.311 e. The third-order valence-corrected chi connectivity index (χ3v) is 2.19. The molecule has 2 rings (SSSR count). The Hall–Kier alpha value is -2.10. The van der Waals surface area contributed by atoms with Crippen molar-refractivity contribution >= 4 is 17.8 Å². The molecule has 4 heteroatoms. The van der Waals surface area contributed by atoms with Gasteiger partial charge < -0.3 is 9.57 Å². The standard InChI is InChI=1S/C12H11NO3/c1-15-12(14)8-10-7-6-9-4-2-3-5-11(9)16-13-10/h2-7H,8H2,1H3. The summed E-state index contributed by atoms with van der Waals surface area (Å²) in [5.41, 5.74) is 1.48. The van der Waals surface area contributed by atoms with Crippen molar-refractivity contribution in [1.82, 2.24) is 0 Å². The van der Waals surface area contributed by atoms with Crippen LogP contribution in [-0.4, -0.2) is 18.8 Å². The van der Waals surface area contributed by atoms with Crippen LogP contribution < -0.4 is 4.84 Å². The number of fused-ring (bicyclic) bond motifs is 1. The summed E-state index contributed by atoms with van der Waals surface area (Å²) in [6.45, 7) is 0. The number of carbonyl (C=O) groups excluding carboxylic acids is 1. The lowest BCUT2D eigenvalue weighted by molar-refractivity contribution is -0.139. The molecule has 1 heterocycles. The van der Waals surface area contributed by atoms with Crippen LogP contribution in [0.15, 0.2) is 35.5 Å². The number of esters is 1. The highest BCUT2D eigenvalue weighted by Crippen LogP contribution is 2.22. The highest BCUT2D eigenvalue weighted by atomic mass is 16.6. The number of ether oxygens (including phenoxy) is 1. The van der Waals surface area contributed by atoms with E-state index in [0.717, 1.165) is 5.56 Å². The zero-order chi connectivity index (χ0) is 11.4. The second-order valence-electron chi connectivity index (χ2n) is 3.30. The van der Waals surface area contributed by atoms with Crippen LogP contribution >= 0.6 is 0 Å². The lowest BCUT2D eigenvalue weighted by Crippen LogP contribution is -2.07. The fourth-order valence-corrected chi connectivity index (χ4v) is 1.34. The summed E-state index contributed by atoms with van der Waals surface area (Å²) >= 11 is 0. The van der Waals surface area contributed by atoms with Crippen molar-refractivity contribution in [3.63, 3.8) is 0 Å². The molecule has 1 aromatic rings. The molecule has 1 aliphatic heterocycles. The lowest BCUT2D eigenvalue weighted by atomic mass is 10.1. The molecule has 0 N–H and O–H groups in total. The van der Waals surface area contributed by atoms with Crippen LogP contribution in [0, 0.1) is 0 Å². The molecule has 0 fully saturated rings. The average Bonchev–Trinajstić information content (AvgIpc) is 2.52. The maximum atomic E-state index is 11.1. The molecule has 0 atom stereocenters. The van der Waals surface area contributed by atoms with Gasteiger partial charge in [0.05, 0.1) is 19.2 Å². The summed E-state index contributed by atoms with van der Waals surface area (Å²) in [6.07, 6.45) is 3.73. The Morgan fingerprint density at radius 2 is 2.19 bits per heavy atom. The number of oxime groups is 1. The van der Waals surface area contributed by atoms with Crippen molar-refractivity contribution in [2.75, 3.05) is 7.11 Å². The molecule has 4 nitrogen and oxygen atoms in total. The molecule has 16 heavy (non-hydrogen) atoms. The first-order chi connectivity index (χ1) is 7.79. The minimum atomic E-state index is -0.335. The minimum Gasteiger partial charge on any atom is -0.469 e. The van der Waals surface area contributed by atoms with E-state index in [2.05, 4.69) is 9.89 Å². The Kier molecular flexibility index (Phi) is 3.00. The lowest BCUT2D eigenvalue weighted by Gasteiger charge is -2.00. The molecule has 0 bridgehead atoms. The summed E-state index contributed by atoms with van der Waals surface area (Å²) in [4.78, 5) is 16.3. The second kappa shape index (κ2) is 4.61. The highest BCUT2D eigenvalue weighted by molar-refractivity contribution is 6.07. The van der Waals surface area contributed by atoms with Crippen LogP contribution in [0.25, 0.3) is 6.08 Å². The molecule has 1 aromatic carbocycles. The molecular weight excluding hydrogens is 206 g/mol. The number of carbonyl (C=O) groups is 1. The fraction of sp³-hybridized carbons (Fsp3) is 0.167. The minimum absolute atomic E-state index is 0.112. The molecule has 0 radical (unpaired) electrons. The zero-order valence-corrected chi connectivity index (χ0v) is 8.84. The van der Waals surface area contributed by atoms with Crippen molar-refractivity contribution < 1.29 is 14.4 Å². The van der Waals surface area contributed by atoms with Gasteiger partial charge in [0.25, 0.3) is 0 Å². The van der Waals surface area contributed by atoms with Gasteiger partial charge in [0.15, 0.2) is 5.75 Å². The van der Waals surface area contributed by atoms with Crippen LogP contribution in [0.5, 0.6) is 5.75 Å². The first-order valence-corrected chi connectivity index (χ1v) is 4.87. The van der Waals surface area contributed by atoms with Crippen LogP contribution in [0.2, 0.25) is 0 Å². The zero-order valence-electron chi connectivity index (χ0n) is 8.84. The smallest absolute Gasteiger partial charge is 0.311 e.